The number of benzene rings is 1. The largest absolute Gasteiger partial charge is 0.494 e. The number of nitrogens with zero attached hydrogens (tertiary/aromatic N) is 2. The predicted octanol–water partition coefficient (Wildman–Crippen LogP) is 2.33. The summed E-state index contributed by atoms with van der Waals surface area (Å²) in [5.74, 6) is -1.43. The zero-order chi connectivity index (χ0) is 19.1. The molecule has 26 heavy (non-hydrogen) atoms. The molecule has 0 saturated carbocycles. The molecule has 1 aromatic carbocycles. The summed E-state index contributed by atoms with van der Waals surface area (Å²) in [4.78, 5) is 25.4. The third-order valence-electron chi connectivity index (χ3n) is 3.75. The predicted molar refractivity (Wildman–Crippen MR) is 92.3 cm³/mol. The third kappa shape index (κ3) is 5.05. The minimum atomic E-state index is -0.666. The highest BCUT2D eigenvalue weighted by Gasteiger charge is 2.16. The number of hydrogen-bond donors (Lipinski definition) is 1. The maximum atomic E-state index is 13.7. The van der Waals surface area contributed by atoms with E-state index in [0.29, 0.717) is 5.56 Å². The number of rotatable bonds is 8. The van der Waals surface area contributed by atoms with Crippen molar-refractivity contribution < 1.29 is 23.5 Å². The molecule has 1 aromatic heterocycles. The normalized spacial score (nSPS) is 10.5. The standard InChI is InChI=1S/C18H22FN3O4/c1-4-5-13-9-15(21-20-13)18(24)26-11-17(23)22(2)10-12-6-7-16(25-3)14(19)8-12/h6-9H,4-5,10-11H2,1-3H3,(H,20,21). The van der Waals surface area contributed by atoms with E-state index < -0.39 is 24.3 Å². The Morgan fingerprint density at radius 3 is 2.73 bits per heavy atom. The summed E-state index contributed by atoms with van der Waals surface area (Å²) in [5.41, 5.74) is 1.58. The van der Waals surface area contributed by atoms with Crippen molar-refractivity contribution in [1.29, 1.82) is 0 Å². The number of likely N-dealkylation sites (N-methyl/N-ethyl adjacent to an activating group) is 1. The van der Waals surface area contributed by atoms with Gasteiger partial charge in [0.05, 0.1) is 7.11 Å². The van der Waals surface area contributed by atoms with Crippen molar-refractivity contribution in [1.82, 2.24) is 15.1 Å². The van der Waals surface area contributed by atoms with Crippen LogP contribution in [0.2, 0.25) is 0 Å². The molecule has 8 heteroatoms. The van der Waals surface area contributed by atoms with Crippen LogP contribution in [-0.2, 0) is 22.5 Å². The van der Waals surface area contributed by atoms with Crippen LogP contribution in [0, 0.1) is 5.82 Å². The average Bonchev–Trinajstić information content (AvgIpc) is 3.08. The van der Waals surface area contributed by atoms with Gasteiger partial charge in [0, 0.05) is 19.3 Å². The van der Waals surface area contributed by atoms with Crippen molar-refractivity contribution in [3.8, 4) is 5.75 Å². The lowest BCUT2D eigenvalue weighted by molar-refractivity contribution is -0.133. The summed E-state index contributed by atoms with van der Waals surface area (Å²) in [6.07, 6.45) is 1.70. The molecule has 1 heterocycles. The van der Waals surface area contributed by atoms with Gasteiger partial charge in [0.15, 0.2) is 23.9 Å². The molecule has 1 N–H and O–H groups in total. The van der Waals surface area contributed by atoms with E-state index in [1.807, 2.05) is 6.92 Å². The number of aromatic amines is 1. The van der Waals surface area contributed by atoms with Crippen LogP contribution in [0.5, 0.6) is 5.75 Å². The molecule has 0 unspecified atom stereocenters. The van der Waals surface area contributed by atoms with Crippen molar-refractivity contribution in [2.75, 3.05) is 20.8 Å². The van der Waals surface area contributed by atoms with E-state index in [2.05, 4.69) is 10.2 Å². The molecule has 140 valence electrons. The summed E-state index contributed by atoms with van der Waals surface area (Å²) in [7, 11) is 2.93. The summed E-state index contributed by atoms with van der Waals surface area (Å²) in [6, 6.07) is 6.07. The first-order valence-corrected chi connectivity index (χ1v) is 8.22. The van der Waals surface area contributed by atoms with Gasteiger partial charge in [0.2, 0.25) is 0 Å². The number of aryl methyl sites for hydroxylation is 1. The number of esters is 1. The SMILES string of the molecule is CCCc1cc(C(=O)OCC(=O)N(C)Cc2ccc(OC)c(F)c2)n[nH]1. The van der Waals surface area contributed by atoms with E-state index in [1.54, 1.807) is 19.2 Å². The molecule has 2 rings (SSSR count). The van der Waals surface area contributed by atoms with Crippen molar-refractivity contribution in [3.05, 3.63) is 47.0 Å². The molecular weight excluding hydrogens is 341 g/mol. The Morgan fingerprint density at radius 2 is 2.08 bits per heavy atom. The molecule has 0 aliphatic heterocycles. The molecule has 7 nitrogen and oxygen atoms in total. The second-order valence-corrected chi connectivity index (χ2v) is 5.82. The van der Waals surface area contributed by atoms with E-state index in [1.165, 1.54) is 24.1 Å². The third-order valence-corrected chi connectivity index (χ3v) is 3.75. The highest BCUT2D eigenvalue weighted by molar-refractivity contribution is 5.89. The average molecular weight is 363 g/mol. The number of hydrogen-bond acceptors (Lipinski definition) is 5. The lowest BCUT2D eigenvalue weighted by Gasteiger charge is -2.17. The molecule has 0 bridgehead atoms. The highest BCUT2D eigenvalue weighted by Crippen LogP contribution is 2.18. The molecule has 1 amide bonds. The zero-order valence-electron chi connectivity index (χ0n) is 15.0. The van der Waals surface area contributed by atoms with E-state index in [4.69, 9.17) is 9.47 Å². The number of methoxy groups -OCH3 is 1. The van der Waals surface area contributed by atoms with Gasteiger partial charge in [0.1, 0.15) is 0 Å². The van der Waals surface area contributed by atoms with Crippen LogP contribution in [0.1, 0.15) is 35.1 Å². The molecular formula is C18H22FN3O4. The number of halogens is 1. The number of ether oxygens (including phenoxy) is 2. The van der Waals surface area contributed by atoms with Crippen molar-refractivity contribution in [2.45, 2.75) is 26.3 Å². The van der Waals surface area contributed by atoms with Gasteiger partial charge in [-0.15, -0.1) is 0 Å². The second-order valence-electron chi connectivity index (χ2n) is 5.82. The number of aromatic nitrogens is 2. The molecule has 0 radical (unpaired) electrons. The Labute approximate surface area is 151 Å². The van der Waals surface area contributed by atoms with Crippen molar-refractivity contribution in [2.24, 2.45) is 0 Å². The monoisotopic (exact) mass is 363 g/mol. The molecule has 0 aliphatic rings. The van der Waals surface area contributed by atoms with Crippen LogP contribution in [0.3, 0.4) is 0 Å². The lowest BCUT2D eigenvalue weighted by atomic mass is 10.2. The van der Waals surface area contributed by atoms with Gasteiger partial charge < -0.3 is 14.4 Å². The molecule has 0 aliphatic carbocycles. The fraction of sp³-hybridized carbons (Fsp3) is 0.389. The Morgan fingerprint density at radius 1 is 1.31 bits per heavy atom. The molecule has 0 saturated heterocycles. The van der Waals surface area contributed by atoms with Crippen LogP contribution >= 0.6 is 0 Å². The fourth-order valence-corrected chi connectivity index (χ4v) is 2.35. The Bertz CT molecular complexity index is 776. The zero-order valence-corrected chi connectivity index (χ0v) is 15.0. The van der Waals surface area contributed by atoms with Gasteiger partial charge in [-0.1, -0.05) is 19.4 Å². The smallest absolute Gasteiger partial charge is 0.359 e. The van der Waals surface area contributed by atoms with Crippen LogP contribution in [0.25, 0.3) is 0 Å². The highest BCUT2D eigenvalue weighted by atomic mass is 19.1. The second kappa shape index (κ2) is 8.98. The summed E-state index contributed by atoms with van der Waals surface area (Å²) in [5, 5.41) is 6.63. The van der Waals surface area contributed by atoms with Gasteiger partial charge in [-0.3, -0.25) is 9.89 Å². The van der Waals surface area contributed by atoms with Crippen molar-refractivity contribution in [3.63, 3.8) is 0 Å². The van der Waals surface area contributed by atoms with E-state index in [9.17, 15) is 14.0 Å². The summed E-state index contributed by atoms with van der Waals surface area (Å²) in [6.45, 7) is 1.78. The molecule has 0 atom stereocenters. The Hall–Kier alpha value is -2.90. The van der Waals surface area contributed by atoms with Crippen molar-refractivity contribution >= 4 is 11.9 Å². The lowest BCUT2D eigenvalue weighted by Crippen LogP contribution is -2.30. The molecule has 2 aromatic rings. The van der Waals surface area contributed by atoms with Gasteiger partial charge in [-0.05, 0) is 30.2 Å². The summed E-state index contributed by atoms with van der Waals surface area (Å²) < 4.78 is 23.5. The fourth-order valence-electron chi connectivity index (χ4n) is 2.35. The van der Waals surface area contributed by atoms with Gasteiger partial charge in [0.25, 0.3) is 5.91 Å². The Kier molecular flexibility index (Phi) is 6.71. The van der Waals surface area contributed by atoms with Crippen LogP contribution in [0.4, 0.5) is 4.39 Å². The molecule has 0 spiro atoms. The topological polar surface area (TPSA) is 84.5 Å². The van der Waals surface area contributed by atoms with Gasteiger partial charge in [-0.25, -0.2) is 9.18 Å². The Balaban J connectivity index is 1.86. The number of carbonyl (C=O) groups is 2. The van der Waals surface area contributed by atoms with Gasteiger partial charge in [-0.2, -0.15) is 5.10 Å². The first kappa shape index (κ1) is 19.4. The van der Waals surface area contributed by atoms with Crippen LogP contribution in [0.15, 0.2) is 24.3 Å². The summed E-state index contributed by atoms with van der Waals surface area (Å²) >= 11 is 0. The number of amides is 1. The molecule has 0 fully saturated rings. The van der Waals surface area contributed by atoms with E-state index >= 15 is 0 Å². The van der Waals surface area contributed by atoms with E-state index in [0.717, 1.165) is 18.5 Å². The minimum Gasteiger partial charge on any atom is -0.494 e. The van der Waals surface area contributed by atoms with Gasteiger partial charge >= 0.3 is 5.97 Å². The number of nitrogens with one attached hydrogen (secondary N) is 1. The van der Waals surface area contributed by atoms with Crippen LogP contribution < -0.4 is 4.74 Å². The minimum absolute atomic E-state index is 0.137. The first-order chi connectivity index (χ1) is 12.4. The maximum Gasteiger partial charge on any atom is 0.359 e. The number of H-pyrrole nitrogens is 1. The first-order valence-electron chi connectivity index (χ1n) is 8.22. The maximum absolute atomic E-state index is 13.7. The quantitative estimate of drug-likeness (QED) is 0.728. The van der Waals surface area contributed by atoms with E-state index in [-0.39, 0.29) is 18.0 Å². The number of carbonyl (C=O) groups excluding carboxylic acids is 2. The van der Waals surface area contributed by atoms with Crippen LogP contribution in [-0.4, -0.2) is 47.7 Å².